The molecule has 1 aliphatic heterocycles. The Bertz CT molecular complexity index is 1450. The summed E-state index contributed by atoms with van der Waals surface area (Å²) in [6, 6.07) is 23.8. The van der Waals surface area contributed by atoms with Crippen LogP contribution in [0.4, 0.5) is 0 Å². The highest BCUT2D eigenvalue weighted by Gasteiger charge is 2.51. The molecule has 0 saturated carbocycles. The molecule has 4 rings (SSSR count). The average molecular weight is 784 g/mol. The number of phenolic OH excluding ortho intramolecular Hbond substituents is 1. The number of rotatable bonds is 24. The van der Waals surface area contributed by atoms with Crippen molar-refractivity contribution in [2.24, 2.45) is 0 Å². The van der Waals surface area contributed by atoms with Gasteiger partial charge in [-0.3, -0.25) is 0 Å². The first kappa shape index (κ1) is 44.4. The maximum absolute atomic E-state index is 12.8. The van der Waals surface area contributed by atoms with Crippen LogP contribution in [0.5, 0.6) is 5.75 Å². The van der Waals surface area contributed by atoms with Crippen molar-refractivity contribution >= 4 is 30.3 Å². The molecule has 3 aromatic carbocycles. The summed E-state index contributed by atoms with van der Waals surface area (Å²) in [4.78, 5) is 12.8. The van der Waals surface area contributed by atoms with Crippen LogP contribution in [-0.4, -0.2) is 75.7 Å². The third-order valence-electron chi connectivity index (χ3n) is 10.9. The van der Waals surface area contributed by atoms with Crippen molar-refractivity contribution in [3.63, 3.8) is 0 Å². The van der Waals surface area contributed by atoms with E-state index in [0.717, 1.165) is 67.3 Å². The van der Waals surface area contributed by atoms with E-state index in [1.54, 1.807) is 6.07 Å². The van der Waals surface area contributed by atoms with E-state index in [9.17, 15) is 9.90 Å². The molecule has 300 valence electrons. The van der Waals surface area contributed by atoms with Crippen molar-refractivity contribution in [1.29, 1.82) is 0 Å². The van der Waals surface area contributed by atoms with Gasteiger partial charge in [-0.25, -0.2) is 0 Å². The van der Waals surface area contributed by atoms with E-state index in [2.05, 4.69) is 41.5 Å². The number of ether oxygens (including phenoxy) is 5. The second-order valence-electron chi connectivity index (χ2n) is 15.4. The van der Waals surface area contributed by atoms with Gasteiger partial charge in [-0.15, -0.1) is 0 Å². The summed E-state index contributed by atoms with van der Waals surface area (Å²) in [5.74, 6) is 0.0554. The van der Waals surface area contributed by atoms with Crippen molar-refractivity contribution in [2.45, 2.75) is 141 Å². The van der Waals surface area contributed by atoms with Gasteiger partial charge in [0.15, 0.2) is 0 Å². The van der Waals surface area contributed by atoms with Crippen molar-refractivity contribution in [2.75, 3.05) is 33.0 Å². The molecule has 5 atom stereocenters. The summed E-state index contributed by atoms with van der Waals surface area (Å²) < 4.78 is 33.2. The van der Waals surface area contributed by atoms with E-state index in [1.807, 2.05) is 66.7 Å². The van der Waals surface area contributed by atoms with Crippen LogP contribution < -0.4 is 10.4 Å². The van der Waals surface area contributed by atoms with Crippen molar-refractivity contribution in [1.82, 2.24) is 0 Å². The molecule has 0 aliphatic carbocycles. The molecule has 0 amide bonds. The molecule has 9 heteroatoms. The van der Waals surface area contributed by atoms with Gasteiger partial charge in [0.25, 0.3) is 8.32 Å². The van der Waals surface area contributed by atoms with Gasteiger partial charge in [0.1, 0.15) is 36.3 Å². The molecule has 1 fully saturated rings. The standard InChI is InChI=1S/C45H67ClO7Si/c1-7-11-27-49-33-40-42(50-28-12-8-2)44(52-30-14-10-4)43(51-29-13-9-3)41(53-40)37-31-34(38(46)32-39(37)47)25-26-45(5,6)54(48,35-21-17-15-18-22-35)36-23-19-16-20-24-36/h15-24,31-32,40-44,47-48H,7-14,25-30,33H2,1-6H3/t40-,41?,42-,43+,44+/m1/s1. The minimum absolute atomic E-state index is 0.0554. The number of phenols is 1. The van der Waals surface area contributed by atoms with Crippen molar-refractivity contribution < 1.29 is 33.6 Å². The summed E-state index contributed by atoms with van der Waals surface area (Å²) in [6.45, 7) is 15.6. The number of benzene rings is 3. The lowest BCUT2D eigenvalue weighted by Crippen LogP contribution is -2.65. The Morgan fingerprint density at radius 3 is 1.74 bits per heavy atom. The minimum Gasteiger partial charge on any atom is -0.508 e. The molecule has 1 unspecified atom stereocenters. The predicted octanol–water partition coefficient (Wildman–Crippen LogP) is 9.32. The van der Waals surface area contributed by atoms with Crippen LogP contribution in [-0.2, 0) is 30.1 Å². The van der Waals surface area contributed by atoms with Gasteiger partial charge in [0.2, 0.25) is 0 Å². The molecule has 1 aliphatic rings. The third kappa shape index (κ3) is 11.4. The fourth-order valence-corrected chi connectivity index (χ4v) is 11.4. The summed E-state index contributed by atoms with van der Waals surface area (Å²) in [7, 11) is -3.24. The quantitative estimate of drug-likeness (QED) is 0.0692. The van der Waals surface area contributed by atoms with Crippen LogP contribution in [0.2, 0.25) is 10.1 Å². The zero-order valence-electron chi connectivity index (χ0n) is 33.7. The van der Waals surface area contributed by atoms with Gasteiger partial charge in [-0.05, 0) is 71.6 Å². The second-order valence-corrected chi connectivity index (χ2v) is 19.8. The molecule has 1 saturated heterocycles. The third-order valence-corrected chi connectivity index (χ3v) is 15.8. The molecule has 54 heavy (non-hydrogen) atoms. The van der Waals surface area contributed by atoms with E-state index < -0.39 is 43.9 Å². The number of unbranched alkanes of at least 4 members (excludes halogenated alkanes) is 4. The van der Waals surface area contributed by atoms with E-state index in [0.29, 0.717) is 56.5 Å². The highest BCUT2D eigenvalue weighted by atomic mass is 35.5. The van der Waals surface area contributed by atoms with Crippen LogP contribution in [0.25, 0.3) is 0 Å². The summed E-state index contributed by atoms with van der Waals surface area (Å²) in [6.07, 6.45) is 6.53. The largest absolute Gasteiger partial charge is 0.508 e. The summed E-state index contributed by atoms with van der Waals surface area (Å²) in [5.41, 5.74) is 1.49. The fraction of sp³-hybridized carbons (Fsp3) is 0.600. The Labute approximate surface area is 331 Å². The van der Waals surface area contributed by atoms with E-state index in [1.165, 1.54) is 0 Å². The lowest BCUT2D eigenvalue weighted by Gasteiger charge is -2.46. The van der Waals surface area contributed by atoms with Crippen molar-refractivity contribution in [3.05, 3.63) is 88.9 Å². The lowest BCUT2D eigenvalue weighted by atomic mass is 9.88. The molecular formula is C45H67ClO7Si. The number of hydrogen-bond donors (Lipinski definition) is 2. The van der Waals surface area contributed by atoms with Gasteiger partial charge in [-0.2, -0.15) is 0 Å². The van der Waals surface area contributed by atoms with Crippen LogP contribution in [0.1, 0.15) is 117 Å². The Morgan fingerprint density at radius 1 is 0.704 bits per heavy atom. The highest BCUT2D eigenvalue weighted by molar-refractivity contribution is 6.98. The second kappa shape index (κ2) is 22.5. The minimum atomic E-state index is -3.24. The lowest BCUT2D eigenvalue weighted by molar-refractivity contribution is -0.268. The first-order valence-corrected chi connectivity index (χ1v) is 22.9. The monoisotopic (exact) mass is 782 g/mol. The highest BCUT2D eigenvalue weighted by Crippen LogP contribution is 2.44. The Kier molecular flexibility index (Phi) is 18.5. The van der Waals surface area contributed by atoms with Gasteiger partial charge in [-0.1, -0.05) is 139 Å². The first-order chi connectivity index (χ1) is 26.1. The normalized spacial score (nSPS) is 20.7. The first-order valence-electron chi connectivity index (χ1n) is 20.5. The molecule has 2 N–H and O–H groups in total. The molecule has 0 bridgehead atoms. The molecule has 0 spiro atoms. The van der Waals surface area contributed by atoms with Crippen molar-refractivity contribution in [3.8, 4) is 5.75 Å². The van der Waals surface area contributed by atoms with Crippen LogP contribution in [0.3, 0.4) is 0 Å². The maximum atomic E-state index is 12.8. The van der Waals surface area contributed by atoms with Gasteiger partial charge < -0.3 is 33.6 Å². The molecule has 3 aromatic rings. The smallest absolute Gasteiger partial charge is 0.258 e. The SMILES string of the molecule is CCCCOC[C@H]1OC(c2cc(CCC(C)(C)[Si](O)(c3ccccc3)c3ccccc3)c(Cl)cc2O)[C@H](OCCCC)[C@@H](OCCCC)[C@@H]1OCCCC. The Balaban J connectivity index is 1.73. The zero-order chi connectivity index (χ0) is 39.0. The number of hydrogen-bond acceptors (Lipinski definition) is 7. The zero-order valence-corrected chi connectivity index (χ0v) is 35.5. The maximum Gasteiger partial charge on any atom is 0.258 e. The number of halogens is 1. The van der Waals surface area contributed by atoms with Gasteiger partial charge in [0.05, 0.1) is 6.61 Å². The van der Waals surface area contributed by atoms with E-state index in [-0.39, 0.29) is 5.75 Å². The topological polar surface area (TPSA) is 86.6 Å². The average Bonchev–Trinajstić information content (AvgIpc) is 3.18. The van der Waals surface area contributed by atoms with E-state index in [4.69, 9.17) is 35.3 Å². The number of aryl methyl sites for hydroxylation is 1. The molecule has 1 heterocycles. The summed E-state index contributed by atoms with van der Waals surface area (Å²) >= 11 is 6.94. The van der Waals surface area contributed by atoms with Gasteiger partial charge in [0, 0.05) is 37.0 Å². The van der Waals surface area contributed by atoms with Gasteiger partial charge >= 0.3 is 0 Å². The predicted molar refractivity (Wildman–Crippen MR) is 223 cm³/mol. The summed E-state index contributed by atoms with van der Waals surface area (Å²) in [5, 5.41) is 13.6. The molecule has 0 radical (unpaired) electrons. The number of aromatic hydroxyl groups is 1. The Hall–Kier alpha value is -2.27. The molecule has 0 aromatic heterocycles. The van der Waals surface area contributed by atoms with Crippen LogP contribution >= 0.6 is 11.6 Å². The molecule has 7 nitrogen and oxygen atoms in total. The van der Waals surface area contributed by atoms with Crippen LogP contribution in [0, 0.1) is 0 Å². The molecular weight excluding hydrogens is 716 g/mol. The Morgan fingerprint density at radius 2 is 1.20 bits per heavy atom. The van der Waals surface area contributed by atoms with E-state index >= 15 is 0 Å². The van der Waals surface area contributed by atoms with Crippen LogP contribution in [0.15, 0.2) is 72.8 Å². The fourth-order valence-electron chi connectivity index (χ4n) is 7.39.